The molecule has 9 heteroatoms. The summed E-state index contributed by atoms with van der Waals surface area (Å²) in [6.45, 7) is 7.56. The molecule has 0 saturated carbocycles. The van der Waals surface area contributed by atoms with Gasteiger partial charge in [-0.3, -0.25) is 10.4 Å². The molecule has 0 aliphatic heterocycles. The fraction of sp³-hybridized carbons (Fsp3) is 0.0741. The molecule has 0 radical (unpaired) electrons. The molecule has 36 heavy (non-hydrogen) atoms. The molecule has 4 aromatic rings. The molecular formula is C27H26FN7O. The molecule has 0 spiro atoms. The van der Waals surface area contributed by atoms with Crippen LogP contribution in [0.1, 0.15) is 12.5 Å². The van der Waals surface area contributed by atoms with Gasteiger partial charge in [0.25, 0.3) is 0 Å². The number of amides is 2. The lowest BCUT2D eigenvalue weighted by Gasteiger charge is -2.10. The summed E-state index contributed by atoms with van der Waals surface area (Å²) in [4.78, 5) is 17.2. The lowest BCUT2D eigenvalue weighted by molar-refractivity contribution is 0.256. The number of hydrogen-bond acceptors (Lipinski definition) is 5. The summed E-state index contributed by atoms with van der Waals surface area (Å²) in [5.74, 6) is 0.0443. The normalized spacial score (nSPS) is 12.0. The van der Waals surface area contributed by atoms with Gasteiger partial charge < -0.3 is 16.8 Å². The number of urea groups is 1. The molecule has 8 nitrogen and oxygen atoms in total. The average molecular weight is 484 g/mol. The number of aryl methyl sites for hydroxylation is 1. The summed E-state index contributed by atoms with van der Waals surface area (Å²) in [6.07, 6.45) is 1.55. The minimum Gasteiger partial charge on any atom is -0.398 e. The van der Waals surface area contributed by atoms with Crippen molar-refractivity contribution in [3.63, 3.8) is 0 Å². The monoisotopic (exact) mass is 483 g/mol. The Labute approximate surface area is 207 Å². The Morgan fingerprint density at radius 3 is 2.47 bits per heavy atom. The third kappa shape index (κ3) is 5.41. The molecule has 0 atom stereocenters. The molecule has 3 aromatic carbocycles. The Morgan fingerprint density at radius 2 is 1.81 bits per heavy atom. The first kappa shape index (κ1) is 24.2. The van der Waals surface area contributed by atoms with E-state index in [0.29, 0.717) is 39.2 Å². The van der Waals surface area contributed by atoms with E-state index in [2.05, 4.69) is 32.4 Å². The maximum Gasteiger partial charge on any atom is 0.324 e. The van der Waals surface area contributed by atoms with Crippen LogP contribution in [0, 0.1) is 12.7 Å². The van der Waals surface area contributed by atoms with Gasteiger partial charge in [-0.25, -0.2) is 14.2 Å². The minimum absolute atomic E-state index is 0.242. The molecular weight excluding hydrogens is 457 g/mol. The third-order valence-corrected chi connectivity index (χ3v) is 5.47. The summed E-state index contributed by atoms with van der Waals surface area (Å²) in [6, 6.07) is 17.1. The zero-order chi connectivity index (χ0) is 25.8. The average Bonchev–Trinajstić information content (AvgIpc) is 3.23. The summed E-state index contributed by atoms with van der Waals surface area (Å²) in [5.41, 5.74) is 16.3. The number of carbonyl (C=O) groups excluding carboxylic acids is 1. The minimum atomic E-state index is -0.514. The van der Waals surface area contributed by atoms with Crippen LogP contribution in [-0.4, -0.2) is 22.1 Å². The van der Waals surface area contributed by atoms with E-state index in [1.807, 2.05) is 31.2 Å². The van der Waals surface area contributed by atoms with Crippen molar-refractivity contribution in [3.8, 4) is 11.1 Å². The first-order chi connectivity index (χ1) is 17.2. The van der Waals surface area contributed by atoms with Crippen molar-refractivity contribution < 1.29 is 9.18 Å². The molecule has 0 unspecified atom stereocenters. The van der Waals surface area contributed by atoms with Gasteiger partial charge in [0, 0.05) is 28.4 Å². The van der Waals surface area contributed by atoms with Crippen LogP contribution in [0.3, 0.4) is 0 Å². The predicted molar refractivity (Wildman–Crippen MR) is 143 cm³/mol. The Kier molecular flexibility index (Phi) is 6.82. The van der Waals surface area contributed by atoms with Crippen LogP contribution in [-0.2, 0) is 0 Å². The van der Waals surface area contributed by atoms with Crippen molar-refractivity contribution in [1.29, 1.82) is 0 Å². The second-order valence-corrected chi connectivity index (χ2v) is 8.33. The van der Waals surface area contributed by atoms with Crippen LogP contribution in [0.25, 0.3) is 22.0 Å². The fourth-order valence-corrected chi connectivity index (χ4v) is 3.44. The quantitative estimate of drug-likeness (QED) is 0.145. The highest BCUT2D eigenvalue weighted by atomic mass is 19.1. The Balaban J connectivity index is 1.51. The standard InChI is InChI=1S/C27H26FN7O/c1-15(2)22(29)14-23(31-18-8-4-16(3)5-9-18)33-27(36)32-19-10-6-17(7-11-19)20-12-13-21-25(24(20)28)34-35-26(21)30/h4-14H,1,29H2,2-3H3,(H3,30,34,35)(H2,31,32,33,36). The molecule has 2 amide bonds. The number of anilines is 2. The van der Waals surface area contributed by atoms with Gasteiger partial charge in [-0.2, -0.15) is 5.10 Å². The number of amidine groups is 1. The van der Waals surface area contributed by atoms with Crippen LogP contribution < -0.4 is 22.1 Å². The van der Waals surface area contributed by atoms with Gasteiger partial charge in [0.2, 0.25) is 0 Å². The lowest BCUT2D eigenvalue weighted by atomic mass is 10.0. The Morgan fingerprint density at radius 1 is 1.11 bits per heavy atom. The molecule has 1 heterocycles. The Hall–Kier alpha value is -4.92. The van der Waals surface area contributed by atoms with E-state index in [4.69, 9.17) is 11.5 Å². The van der Waals surface area contributed by atoms with Crippen molar-refractivity contribution in [2.45, 2.75) is 13.8 Å². The highest BCUT2D eigenvalue weighted by Gasteiger charge is 2.13. The number of aromatic nitrogens is 2. The van der Waals surface area contributed by atoms with Crippen molar-refractivity contribution in [2.24, 2.45) is 10.7 Å². The summed E-state index contributed by atoms with van der Waals surface area (Å²) >= 11 is 0. The third-order valence-electron chi connectivity index (χ3n) is 5.47. The van der Waals surface area contributed by atoms with E-state index in [0.717, 1.165) is 5.56 Å². The first-order valence-electron chi connectivity index (χ1n) is 11.1. The molecule has 1 aromatic heterocycles. The second-order valence-electron chi connectivity index (χ2n) is 8.33. The highest BCUT2D eigenvalue weighted by molar-refractivity contribution is 6.09. The predicted octanol–water partition coefficient (Wildman–Crippen LogP) is 5.53. The van der Waals surface area contributed by atoms with Gasteiger partial charge in [-0.15, -0.1) is 0 Å². The topological polar surface area (TPSA) is 134 Å². The number of hydrogen-bond donors (Lipinski definition) is 5. The number of nitrogen functional groups attached to an aromatic ring is 1. The molecule has 0 saturated heterocycles. The number of nitrogens with two attached hydrogens (primary N) is 2. The first-order valence-corrected chi connectivity index (χ1v) is 11.1. The smallest absolute Gasteiger partial charge is 0.324 e. The number of nitrogens with zero attached hydrogens (tertiary/aromatic N) is 2. The molecule has 182 valence electrons. The van der Waals surface area contributed by atoms with E-state index in [-0.39, 0.29) is 17.2 Å². The number of H-pyrrole nitrogens is 1. The molecule has 0 fully saturated rings. The van der Waals surface area contributed by atoms with Crippen molar-refractivity contribution in [2.75, 3.05) is 11.1 Å². The van der Waals surface area contributed by atoms with E-state index in [1.165, 1.54) is 0 Å². The maximum absolute atomic E-state index is 14.9. The molecule has 7 N–H and O–H groups in total. The number of halogens is 1. The molecule has 4 rings (SSSR count). The highest BCUT2D eigenvalue weighted by Crippen LogP contribution is 2.30. The summed E-state index contributed by atoms with van der Waals surface area (Å²) in [5, 5.41) is 12.4. The lowest BCUT2D eigenvalue weighted by Crippen LogP contribution is -2.33. The number of benzene rings is 3. The van der Waals surface area contributed by atoms with Crippen molar-refractivity contribution in [1.82, 2.24) is 15.5 Å². The maximum atomic E-state index is 14.9. The van der Waals surface area contributed by atoms with Crippen molar-refractivity contribution in [3.05, 3.63) is 96.0 Å². The van der Waals surface area contributed by atoms with Crippen LogP contribution in [0.2, 0.25) is 0 Å². The van der Waals surface area contributed by atoms with Crippen LogP contribution in [0.5, 0.6) is 0 Å². The zero-order valence-electron chi connectivity index (χ0n) is 19.9. The number of aliphatic imine (C=N–C) groups is 1. The number of rotatable bonds is 5. The van der Waals surface area contributed by atoms with Gasteiger partial charge in [-0.05, 0) is 55.3 Å². The number of aromatic amines is 1. The number of carbonyl (C=O) groups is 1. The SMILES string of the molecule is C=C(C)C(N)=CC(=Nc1ccc(C)cc1)NC(=O)Nc1ccc(-c2ccc3c(N)n[nH]c3c2F)cc1. The summed E-state index contributed by atoms with van der Waals surface area (Å²) in [7, 11) is 0. The number of fused-ring (bicyclic) bond motifs is 1. The largest absolute Gasteiger partial charge is 0.398 e. The van der Waals surface area contributed by atoms with Crippen LogP contribution in [0.15, 0.2) is 89.6 Å². The van der Waals surface area contributed by atoms with Gasteiger partial charge in [0.15, 0.2) is 11.6 Å². The molecule has 0 aliphatic rings. The van der Waals surface area contributed by atoms with Gasteiger partial charge in [0.1, 0.15) is 11.4 Å². The van der Waals surface area contributed by atoms with Gasteiger partial charge >= 0.3 is 6.03 Å². The van der Waals surface area contributed by atoms with Gasteiger partial charge in [-0.1, -0.05) is 42.5 Å². The summed E-state index contributed by atoms with van der Waals surface area (Å²) < 4.78 is 14.9. The van der Waals surface area contributed by atoms with Crippen molar-refractivity contribution >= 4 is 40.0 Å². The molecule has 0 bridgehead atoms. The van der Waals surface area contributed by atoms with E-state index in [9.17, 15) is 9.18 Å². The Bertz CT molecular complexity index is 1500. The fourth-order valence-electron chi connectivity index (χ4n) is 3.44. The van der Waals surface area contributed by atoms with Gasteiger partial charge in [0.05, 0.1) is 5.69 Å². The second kappa shape index (κ2) is 10.1. The van der Waals surface area contributed by atoms with Crippen LogP contribution in [0.4, 0.5) is 26.4 Å². The van der Waals surface area contributed by atoms with E-state index in [1.54, 1.807) is 49.4 Å². The number of allylic oxidation sites excluding steroid dienone is 1. The van der Waals surface area contributed by atoms with E-state index < -0.39 is 11.8 Å². The molecule has 0 aliphatic carbocycles. The zero-order valence-corrected chi connectivity index (χ0v) is 19.9. The van der Waals surface area contributed by atoms with Crippen LogP contribution >= 0.6 is 0 Å². The van der Waals surface area contributed by atoms with E-state index >= 15 is 0 Å². The number of nitrogens with one attached hydrogen (secondary N) is 3.